The Kier molecular flexibility index (Phi) is 5.72. The minimum Gasteiger partial charge on any atom is -0.550 e. The second-order valence-electron chi connectivity index (χ2n) is 5.68. The monoisotopic (exact) mass is 294 g/mol. The van der Waals surface area contributed by atoms with Gasteiger partial charge in [0.1, 0.15) is 5.60 Å². The highest BCUT2D eigenvalue weighted by atomic mass is 16.6. The van der Waals surface area contributed by atoms with E-state index < -0.39 is 36.2 Å². The number of aliphatic hydroxyl groups excluding tert-OH is 1. The fourth-order valence-electron chi connectivity index (χ4n) is 1.79. The van der Waals surface area contributed by atoms with Crippen molar-refractivity contribution < 1.29 is 24.5 Å². The van der Waals surface area contributed by atoms with Crippen LogP contribution in [0.2, 0.25) is 0 Å². The van der Waals surface area contributed by atoms with Crippen LogP contribution in [0, 0.1) is 0 Å². The fourth-order valence-corrected chi connectivity index (χ4v) is 1.79. The van der Waals surface area contributed by atoms with E-state index >= 15 is 0 Å². The van der Waals surface area contributed by atoms with Crippen LogP contribution >= 0.6 is 0 Å². The summed E-state index contributed by atoms with van der Waals surface area (Å²) in [5, 5.41) is 23.1. The average Bonchev–Trinajstić information content (AvgIpc) is 2.34. The van der Waals surface area contributed by atoms with Crippen molar-refractivity contribution in [3.8, 4) is 0 Å². The smallest absolute Gasteiger partial charge is 0.408 e. The molecule has 0 bridgehead atoms. The summed E-state index contributed by atoms with van der Waals surface area (Å²) in [5.74, 6) is -1.39. The SMILES string of the molecule is CC(C)(C)OC(=O)N[C@@H](c1ccccc1)[C@H](O)CC(=O)[O-]. The Labute approximate surface area is 123 Å². The van der Waals surface area contributed by atoms with E-state index in [1.54, 1.807) is 51.1 Å². The standard InChI is InChI=1S/C15H21NO5/c1-15(2,3)21-14(20)16-13(11(17)9-12(18)19)10-7-5-4-6-8-10/h4-8,11,13,17H,9H2,1-3H3,(H,16,20)(H,18,19)/p-1/t11-,13+/m1/s1. The molecule has 0 radical (unpaired) electrons. The summed E-state index contributed by atoms with van der Waals surface area (Å²) in [6.45, 7) is 5.13. The maximum absolute atomic E-state index is 11.8. The van der Waals surface area contributed by atoms with Gasteiger partial charge in [0.2, 0.25) is 0 Å². The molecule has 1 amide bonds. The third kappa shape index (κ3) is 6.27. The molecule has 0 aromatic heterocycles. The van der Waals surface area contributed by atoms with Crippen LogP contribution in [0.1, 0.15) is 38.8 Å². The van der Waals surface area contributed by atoms with Gasteiger partial charge in [0, 0.05) is 12.4 Å². The quantitative estimate of drug-likeness (QED) is 0.835. The van der Waals surface area contributed by atoms with Gasteiger partial charge >= 0.3 is 6.09 Å². The second-order valence-corrected chi connectivity index (χ2v) is 5.68. The molecule has 2 N–H and O–H groups in total. The summed E-state index contributed by atoms with van der Waals surface area (Å²) in [7, 11) is 0. The first-order valence-electron chi connectivity index (χ1n) is 6.61. The number of alkyl carbamates (subject to hydrolysis) is 1. The van der Waals surface area contributed by atoms with Gasteiger partial charge < -0.3 is 25.1 Å². The number of aliphatic carboxylic acids is 1. The van der Waals surface area contributed by atoms with Gasteiger partial charge in [0.25, 0.3) is 0 Å². The number of carboxylic acid groups (broad SMARTS) is 1. The molecule has 21 heavy (non-hydrogen) atoms. The van der Waals surface area contributed by atoms with Gasteiger partial charge in [-0.25, -0.2) is 4.79 Å². The molecule has 6 heteroatoms. The first-order valence-corrected chi connectivity index (χ1v) is 6.61. The third-order valence-corrected chi connectivity index (χ3v) is 2.59. The molecule has 0 unspecified atom stereocenters. The van der Waals surface area contributed by atoms with Crippen molar-refractivity contribution in [2.75, 3.05) is 0 Å². The van der Waals surface area contributed by atoms with Crippen molar-refractivity contribution in [3.05, 3.63) is 35.9 Å². The average molecular weight is 294 g/mol. The van der Waals surface area contributed by atoms with Gasteiger partial charge in [-0.15, -0.1) is 0 Å². The lowest BCUT2D eigenvalue weighted by Gasteiger charge is -2.27. The summed E-state index contributed by atoms with van der Waals surface area (Å²) in [4.78, 5) is 22.5. The van der Waals surface area contributed by atoms with Crippen LogP contribution in [0.3, 0.4) is 0 Å². The molecule has 0 heterocycles. The topological polar surface area (TPSA) is 98.7 Å². The molecule has 6 nitrogen and oxygen atoms in total. The Morgan fingerprint density at radius 2 is 1.86 bits per heavy atom. The lowest BCUT2D eigenvalue weighted by molar-refractivity contribution is -0.307. The number of carbonyl (C=O) groups is 2. The first kappa shape index (κ1) is 17.0. The van der Waals surface area contributed by atoms with Gasteiger partial charge in [0.15, 0.2) is 0 Å². The number of aliphatic hydroxyl groups is 1. The number of amides is 1. The second kappa shape index (κ2) is 7.08. The molecule has 2 atom stereocenters. The highest BCUT2D eigenvalue weighted by Crippen LogP contribution is 2.20. The number of ether oxygens (including phenoxy) is 1. The predicted molar refractivity (Wildman–Crippen MR) is 74.2 cm³/mol. The number of hydrogen-bond donors (Lipinski definition) is 2. The summed E-state index contributed by atoms with van der Waals surface area (Å²) < 4.78 is 5.12. The summed E-state index contributed by atoms with van der Waals surface area (Å²) in [5.41, 5.74) is -0.109. The highest BCUT2D eigenvalue weighted by molar-refractivity contribution is 5.69. The molecule has 1 rings (SSSR count). The number of rotatable bonds is 5. The molecule has 0 saturated heterocycles. The molecule has 0 aliphatic rings. The minimum atomic E-state index is -1.39. The molecular formula is C15H20NO5-. The Balaban J connectivity index is 2.87. The zero-order chi connectivity index (χ0) is 16.0. The number of nitrogens with one attached hydrogen (secondary N) is 1. The van der Waals surface area contributed by atoms with Crippen LogP contribution in [0.5, 0.6) is 0 Å². The Morgan fingerprint density at radius 1 is 1.29 bits per heavy atom. The molecule has 0 aliphatic heterocycles. The van der Waals surface area contributed by atoms with Gasteiger partial charge in [-0.2, -0.15) is 0 Å². The van der Waals surface area contributed by atoms with Gasteiger partial charge in [-0.05, 0) is 26.3 Å². The van der Waals surface area contributed by atoms with Crippen molar-refractivity contribution in [2.24, 2.45) is 0 Å². The van der Waals surface area contributed by atoms with E-state index in [0.29, 0.717) is 5.56 Å². The highest BCUT2D eigenvalue weighted by Gasteiger charge is 2.26. The maximum Gasteiger partial charge on any atom is 0.408 e. The van der Waals surface area contributed by atoms with Gasteiger partial charge in [-0.1, -0.05) is 30.3 Å². The third-order valence-electron chi connectivity index (χ3n) is 2.59. The van der Waals surface area contributed by atoms with E-state index in [0.717, 1.165) is 0 Å². The minimum absolute atomic E-state index is 0.581. The van der Waals surface area contributed by atoms with E-state index in [1.807, 2.05) is 0 Å². The first-order chi connectivity index (χ1) is 9.69. The number of hydrogen-bond acceptors (Lipinski definition) is 5. The lowest BCUT2D eigenvalue weighted by Crippen LogP contribution is -2.41. The molecule has 0 fully saturated rings. The Hall–Kier alpha value is -2.08. The molecule has 1 aromatic carbocycles. The normalized spacial score (nSPS) is 14.1. The molecule has 0 saturated carbocycles. The van der Waals surface area contributed by atoms with Crippen LogP contribution in [0.4, 0.5) is 4.79 Å². The Bertz CT molecular complexity index is 481. The van der Waals surface area contributed by atoms with E-state index in [2.05, 4.69) is 5.32 Å². The molecule has 0 spiro atoms. The molecule has 116 valence electrons. The molecule has 0 aliphatic carbocycles. The summed E-state index contributed by atoms with van der Waals surface area (Å²) in [6, 6.07) is 7.70. The summed E-state index contributed by atoms with van der Waals surface area (Å²) >= 11 is 0. The van der Waals surface area contributed by atoms with Crippen LogP contribution in [0.25, 0.3) is 0 Å². The number of carbonyl (C=O) groups excluding carboxylic acids is 2. The van der Waals surface area contributed by atoms with Crippen molar-refractivity contribution in [1.82, 2.24) is 5.32 Å². The van der Waals surface area contributed by atoms with E-state index in [-0.39, 0.29) is 0 Å². The predicted octanol–water partition coefficient (Wildman–Crippen LogP) is 0.753. The zero-order valence-corrected chi connectivity index (χ0v) is 12.3. The molecule has 1 aromatic rings. The van der Waals surface area contributed by atoms with Crippen molar-refractivity contribution in [3.63, 3.8) is 0 Å². The fraction of sp³-hybridized carbons (Fsp3) is 0.467. The Morgan fingerprint density at radius 3 is 2.33 bits per heavy atom. The van der Waals surface area contributed by atoms with Gasteiger partial charge in [-0.3, -0.25) is 0 Å². The van der Waals surface area contributed by atoms with Gasteiger partial charge in [0.05, 0.1) is 12.1 Å². The number of benzene rings is 1. The largest absolute Gasteiger partial charge is 0.550 e. The lowest BCUT2D eigenvalue weighted by atomic mass is 9.99. The number of carboxylic acids is 1. The van der Waals surface area contributed by atoms with Crippen molar-refractivity contribution in [1.29, 1.82) is 0 Å². The maximum atomic E-state index is 11.8. The zero-order valence-electron chi connectivity index (χ0n) is 12.3. The van der Waals surface area contributed by atoms with E-state index in [9.17, 15) is 19.8 Å². The van der Waals surface area contributed by atoms with Crippen molar-refractivity contribution >= 4 is 12.1 Å². The summed E-state index contributed by atoms with van der Waals surface area (Å²) in [6.07, 6.45) is -2.63. The van der Waals surface area contributed by atoms with Crippen LogP contribution in [0.15, 0.2) is 30.3 Å². The van der Waals surface area contributed by atoms with E-state index in [1.165, 1.54) is 0 Å². The van der Waals surface area contributed by atoms with Crippen LogP contribution in [-0.2, 0) is 9.53 Å². The van der Waals surface area contributed by atoms with Crippen LogP contribution in [-0.4, -0.2) is 28.9 Å². The van der Waals surface area contributed by atoms with Crippen molar-refractivity contribution in [2.45, 2.75) is 44.9 Å². The van der Waals surface area contributed by atoms with Crippen LogP contribution < -0.4 is 10.4 Å². The van der Waals surface area contributed by atoms with E-state index in [4.69, 9.17) is 4.74 Å². The molecular weight excluding hydrogens is 274 g/mol.